The van der Waals surface area contributed by atoms with Crippen molar-refractivity contribution in [2.75, 3.05) is 7.11 Å². The summed E-state index contributed by atoms with van der Waals surface area (Å²) in [5, 5.41) is 1.22. The molecule has 0 spiro atoms. The van der Waals surface area contributed by atoms with Gasteiger partial charge < -0.3 is 15.0 Å². The number of aromatic nitrogens is 1. The van der Waals surface area contributed by atoms with Crippen LogP contribution in [0.5, 0.6) is 5.75 Å². The number of methoxy groups -OCH3 is 1. The number of benzene rings is 2. The SMILES string of the molecule is COc1ccccc1Cn1c(CN)cc2ccccc21. The molecule has 0 aliphatic heterocycles. The molecule has 3 rings (SSSR count). The Morgan fingerprint density at radius 1 is 1.05 bits per heavy atom. The lowest BCUT2D eigenvalue weighted by atomic mass is 10.2. The first-order valence-corrected chi connectivity index (χ1v) is 6.72. The molecule has 1 aromatic heterocycles. The Bertz CT molecular complexity index is 731. The number of nitrogens with two attached hydrogens (primary N) is 1. The van der Waals surface area contributed by atoms with Gasteiger partial charge in [-0.25, -0.2) is 0 Å². The summed E-state index contributed by atoms with van der Waals surface area (Å²) in [6.45, 7) is 1.30. The fourth-order valence-electron chi connectivity index (χ4n) is 2.63. The van der Waals surface area contributed by atoms with Crippen molar-refractivity contribution in [2.45, 2.75) is 13.1 Å². The second-order valence-electron chi connectivity index (χ2n) is 4.80. The lowest BCUT2D eigenvalue weighted by Crippen LogP contribution is -2.08. The van der Waals surface area contributed by atoms with E-state index in [1.165, 1.54) is 10.9 Å². The molecule has 102 valence electrons. The van der Waals surface area contributed by atoms with Gasteiger partial charge in [0.05, 0.1) is 13.7 Å². The van der Waals surface area contributed by atoms with Crippen LogP contribution in [0.1, 0.15) is 11.3 Å². The van der Waals surface area contributed by atoms with E-state index in [0.29, 0.717) is 6.54 Å². The van der Waals surface area contributed by atoms with Gasteiger partial charge in [-0.1, -0.05) is 36.4 Å². The molecule has 0 aliphatic rings. The number of fused-ring (bicyclic) bond motifs is 1. The Morgan fingerprint density at radius 3 is 2.60 bits per heavy atom. The van der Waals surface area contributed by atoms with Crippen LogP contribution in [0.15, 0.2) is 54.6 Å². The number of hydrogen-bond donors (Lipinski definition) is 1. The Labute approximate surface area is 118 Å². The Morgan fingerprint density at radius 2 is 1.80 bits per heavy atom. The van der Waals surface area contributed by atoms with Crippen molar-refractivity contribution in [3.8, 4) is 5.75 Å². The fourth-order valence-corrected chi connectivity index (χ4v) is 2.63. The lowest BCUT2D eigenvalue weighted by Gasteiger charge is -2.13. The fraction of sp³-hybridized carbons (Fsp3) is 0.176. The summed E-state index contributed by atoms with van der Waals surface area (Å²) in [4.78, 5) is 0. The smallest absolute Gasteiger partial charge is 0.123 e. The molecule has 2 N–H and O–H groups in total. The molecule has 0 saturated carbocycles. The van der Waals surface area contributed by atoms with Gasteiger partial charge >= 0.3 is 0 Å². The molecule has 0 saturated heterocycles. The van der Waals surface area contributed by atoms with E-state index in [0.717, 1.165) is 23.6 Å². The minimum atomic E-state index is 0.532. The van der Waals surface area contributed by atoms with E-state index in [1.54, 1.807) is 7.11 Å². The monoisotopic (exact) mass is 266 g/mol. The predicted octanol–water partition coefficient (Wildman–Crippen LogP) is 3.16. The maximum atomic E-state index is 5.89. The first-order valence-electron chi connectivity index (χ1n) is 6.72. The molecular formula is C17H18N2O. The first-order chi connectivity index (χ1) is 9.83. The van der Waals surface area contributed by atoms with E-state index in [9.17, 15) is 0 Å². The van der Waals surface area contributed by atoms with E-state index in [1.807, 2.05) is 18.2 Å². The lowest BCUT2D eigenvalue weighted by molar-refractivity contribution is 0.408. The summed E-state index contributed by atoms with van der Waals surface area (Å²) in [6.07, 6.45) is 0. The second-order valence-corrected chi connectivity index (χ2v) is 4.80. The van der Waals surface area contributed by atoms with Crippen molar-refractivity contribution in [1.82, 2.24) is 4.57 Å². The van der Waals surface area contributed by atoms with Crippen molar-refractivity contribution in [3.63, 3.8) is 0 Å². The van der Waals surface area contributed by atoms with Crippen LogP contribution in [0.4, 0.5) is 0 Å². The van der Waals surface area contributed by atoms with Crippen LogP contribution in [-0.2, 0) is 13.1 Å². The third-order valence-electron chi connectivity index (χ3n) is 3.63. The standard InChI is InChI=1S/C17H18N2O/c1-20-17-9-5-3-7-14(17)12-19-15(11-18)10-13-6-2-4-8-16(13)19/h2-10H,11-12,18H2,1H3. The molecule has 20 heavy (non-hydrogen) atoms. The average Bonchev–Trinajstić information content (AvgIpc) is 2.86. The molecule has 2 aromatic carbocycles. The van der Waals surface area contributed by atoms with Gasteiger partial charge in [0.25, 0.3) is 0 Å². The summed E-state index contributed by atoms with van der Waals surface area (Å²) in [5.41, 5.74) is 9.39. The highest BCUT2D eigenvalue weighted by molar-refractivity contribution is 5.81. The molecule has 0 fully saturated rings. The Balaban J connectivity index is 2.10. The molecule has 0 aliphatic carbocycles. The van der Waals surface area contributed by atoms with Gasteiger partial charge in [-0.2, -0.15) is 0 Å². The number of ether oxygens (including phenoxy) is 1. The van der Waals surface area contributed by atoms with E-state index in [-0.39, 0.29) is 0 Å². The predicted molar refractivity (Wildman–Crippen MR) is 81.9 cm³/mol. The highest BCUT2D eigenvalue weighted by atomic mass is 16.5. The summed E-state index contributed by atoms with van der Waals surface area (Å²) in [6, 6.07) is 18.6. The highest BCUT2D eigenvalue weighted by Gasteiger charge is 2.09. The number of nitrogens with zero attached hydrogens (tertiary/aromatic N) is 1. The van der Waals surface area contributed by atoms with Gasteiger partial charge in [0.15, 0.2) is 0 Å². The summed E-state index contributed by atoms with van der Waals surface area (Å²) >= 11 is 0. The third kappa shape index (κ3) is 2.17. The molecule has 0 unspecified atom stereocenters. The zero-order valence-electron chi connectivity index (χ0n) is 11.5. The first kappa shape index (κ1) is 12.8. The maximum absolute atomic E-state index is 5.89. The van der Waals surface area contributed by atoms with Gasteiger partial charge in [0, 0.05) is 23.3 Å². The molecular weight excluding hydrogens is 248 g/mol. The van der Waals surface area contributed by atoms with Crippen molar-refractivity contribution in [1.29, 1.82) is 0 Å². The van der Waals surface area contributed by atoms with E-state index < -0.39 is 0 Å². The van der Waals surface area contributed by atoms with Crippen molar-refractivity contribution < 1.29 is 4.74 Å². The topological polar surface area (TPSA) is 40.2 Å². The Hall–Kier alpha value is -2.26. The normalized spacial score (nSPS) is 10.9. The molecule has 3 nitrogen and oxygen atoms in total. The van der Waals surface area contributed by atoms with E-state index in [4.69, 9.17) is 10.5 Å². The van der Waals surface area contributed by atoms with Gasteiger partial charge in [-0.3, -0.25) is 0 Å². The van der Waals surface area contributed by atoms with Crippen LogP contribution < -0.4 is 10.5 Å². The average molecular weight is 266 g/mol. The van der Waals surface area contributed by atoms with E-state index in [2.05, 4.69) is 41.0 Å². The Kier molecular flexibility index (Phi) is 3.44. The molecule has 0 bridgehead atoms. The number of para-hydroxylation sites is 2. The zero-order chi connectivity index (χ0) is 13.9. The van der Waals surface area contributed by atoms with Crippen molar-refractivity contribution in [3.05, 3.63) is 65.9 Å². The molecule has 3 heteroatoms. The maximum Gasteiger partial charge on any atom is 0.123 e. The van der Waals surface area contributed by atoms with Crippen LogP contribution in [0.3, 0.4) is 0 Å². The summed E-state index contributed by atoms with van der Waals surface area (Å²) < 4.78 is 7.69. The minimum Gasteiger partial charge on any atom is -0.496 e. The van der Waals surface area contributed by atoms with Gasteiger partial charge in [-0.05, 0) is 23.6 Å². The zero-order valence-corrected chi connectivity index (χ0v) is 11.5. The second kappa shape index (κ2) is 5.39. The quantitative estimate of drug-likeness (QED) is 0.788. The van der Waals surface area contributed by atoms with Crippen LogP contribution in [0.2, 0.25) is 0 Å². The highest BCUT2D eigenvalue weighted by Crippen LogP contribution is 2.24. The number of rotatable bonds is 4. The molecule has 0 amide bonds. The van der Waals surface area contributed by atoms with Gasteiger partial charge in [-0.15, -0.1) is 0 Å². The van der Waals surface area contributed by atoms with Crippen molar-refractivity contribution in [2.24, 2.45) is 5.73 Å². The van der Waals surface area contributed by atoms with Crippen LogP contribution in [0.25, 0.3) is 10.9 Å². The molecule has 0 atom stereocenters. The molecule has 3 aromatic rings. The minimum absolute atomic E-state index is 0.532. The van der Waals surface area contributed by atoms with Crippen LogP contribution in [0, 0.1) is 0 Å². The third-order valence-corrected chi connectivity index (χ3v) is 3.63. The number of hydrogen-bond acceptors (Lipinski definition) is 2. The van der Waals surface area contributed by atoms with Crippen LogP contribution >= 0.6 is 0 Å². The summed E-state index contributed by atoms with van der Waals surface area (Å²) in [5.74, 6) is 0.910. The summed E-state index contributed by atoms with van der Waals surface area (Å²) in [7, 11) is 1.70. The van der Waals surface area contributed by atoms with Gasteiger partial charge in [0.1, 0.15) is 5.75 Å². The van der Waals surface area contributed by atoms with Crippen LogP contribution in [-0.4, -0.2) is 11.7 Å². The largest absolute Gasteiger partial charge is 0.496 e. The van der Waals surface area contributed by atoms with Crippen molar-refractivity contribution >= 4 is 10.9 Å². The van der Waals surface area contributed by atoms with E-state index >= 15 is 0 Å². The molecule has 0 radical (unpaired) electrons. The molecule has 1 heterocycles. The van der Waals surface area contributed by atoms with Gasteiger partial charge in [0.2, 0.25) is 0 Å².